The number of nitrogens with one attached hydrogen (secondary N) is 1. The number of carbonyl (C=O) groups excluding carboxylic acids is 2. The standard InChI is InChI=1S/C25H24N2O5S2/c1-16-4-6-18(7-5-16)25-27(23(28)15-33-25)22-13-8-19(14-17(22)2)24(29)26-34(30,31)21-11-9-20(32-3)10-12-21/h4-14,25H,15H2,1-3H3,(H,26,29). The number of rotatable bonds is 6. The molecule has 1 atom stereocenters. The average molecular weight is 497 g/mol. The van der Waals surface area contributed by atoms with Crippen molar-refractivity contribution in [1.82, 2.24) is 4.72 Å². The quantitative estimate of drug-likeness (QED) is 0.550. The second-order valence-corrected chi connectivity index (χ2v) is 10.7. The minimum absolute atomic E-state index is 0.0158. The average Bonchev–Trinajstić information content (AvgIpc) is 3.20. The maximum absolute atomic E-state index is 12.7. The van der Waals surface area contributed by atoms with E-state index in [-0.39, 0.29) is 21.7 Å². The number of aryl methyl sites for hydroxylation is 2. The Labute approximate surface area is 203 Å². The van der Waals surface area contributed by atoms with Crippen molar-refractivity contribution in [1.29, 1.82) is 0 Å². The van der Waals surface area contributed by atoms with Gasteiger partial charge in [0.05, 0.1) is 17.8 Å². The van der Waals surface area contributed by atoms with E-state index in [0.717, 1.165) is 11.1 Å². The van der Waals surface area contributed by atoms with Gasteiger partial charge in [0.15, 0.2) is 0 Å². The molecule has 1 aliphatic heterocycles. The maximum atomic E-state index is 12.7. The lowest BCUT2D eigenvalue weighted by Gasteiger charge is -2.26. The summed E-state index contributed by atoms with van der Waals surface area (Å²) in [6.07, 6.45) is 0. The van der Waals surface area contributed by atoms with Crippen LogP contribution < -0.4 is 14.4 Å². The first-order valence-electron chi connectivity index (χ1n) is 10.5. The number of benzene rings is 3. The molecule has 0 bridgehead atoms. The van der Waals surface area contributed by atoms with Gasteiger partial charge < -0.3 is 4.74 Å². The Morgan fingerprint density at radius 2 is 1.71 bits per heavy atom. The van der Waals surface area contributed by atoms with Crippen LogP contribution in [-0.4, -0.2) is 33.1 Å². The van der Waals surface area contributed by atoms with E-state index in [1.807, 2.05) is 31.2 Å². The van der Waals surface area contributed by atoms with Crippen LogP contribution in [-0.2, 0) is 14.8 Å². The van der Waals surface area contributed by atoms with Gasteiger partial charge in [0.1, 0.15) is 11.1 Å². The van der Waals surface area contributed by atoms with Gasteiger partial charge in [-0.2, -0.15) is 0 Å². The topological polar surface area (TPSA) is 92.8 Å². The van der Waals surface area contributed by atoms with Gasteiger partial charge in [-0.3, -0.25) is 14.5 Å². The first-order valence-corrected chi connectivity index (χ1v) is 13.0. The first kappa shape index (κ1) is 23.8. The number of ether oxygens (including phenoxy) is 1. The predicted molar refractivity (Wildman–Crippen MR) is 133 cm³/mol. The Hall–Kier alpha value is -3.30. The van der Waals surface area contributed by atoms with Gasteiger partial charge in [-0.05, 0) is 67.4 Å². The summed E-state index contributed by atoms with van der Waals surface area (Å²) in [7, 11) is -2.57. The number of hydrogen-bond donors (Lipinski definition) is 1. The lowest BCUT2D eigenvalue weighted by molar-refractivity contribution is -0.115. The summed E-state index contributed by atoms with van der Waals surface area (Å²) in [6.45, 7) is 3.81. The van der Waals surface area contributed by atoms with Gasteiger partial charge in [-0.15, -0.1) is 11.8 Å². The lowest BCUT2D eigenvalue weighted by Crippen LogP contribution is -2.31. The van der Waals surface area contributed by atoms with E-state index in [9.17, 15) is 18.0 Å². The fraction of sp³-hybridized carbons (Fsp3) is 0.200. The van der Waals surface area contributed by atoms with Crippen LogP contribution in [0.1, 0.15) is 32.4 Å². The molecule has 4 rings (SSSR count). The molecular formula is C25H24N2O5S2. The van der Waals surface area contributed by atoms with Crippen LogP contribution in [0.25, 0.3) is 0 Å². The Morgan fingerprint density at radius 1 is 1.03 bits per heavy atom. The van der Waals surface area contributed by atoms with Gasteiger partial charge >= 0.3 is 0 Å². The molecule has 7 nitrogen and oxygen atoms in total. The highest BCUT2D eigenvalue weighted by molar-refractivity contribution is 8.00. The highest BCUT2D eigenvalue weighted by Gasteiger charge is 2.35. The SMILES string of the molecule is COc1ccc(S(=O)(=O)NC(=O)c2ccc(N3C(=O)CSC3c3ccc(C)cc3)c(C)c2)cc1. The largest absolute Gasteiger partial charge is 0.497 e. The Morgan fingerprint density at radius 3 is 2.32 bits per heavy atom. The summed E-state index contributed by atoms with van der Waals surface area (Å²) in [6, 6.07) is 18.6. The molecule has 1 saturated heterocycles. The number of amides is 2. The highest BCUT2D eigenvalue weighted by Crippen LogP contribution is 2.42. The van der Waals surface area contributed by atoms with Crippen LogP contribution in [0.4, 0.5) is 5.69 Å². The number of methoxy groups -OCH3 is 1. The van der Waals surface area contributed by atoms with Gasteiger partial charge in [0.25, 0.3) is 15.9 Å². The summed E-state index contributed by atoms with van der Waals surface area (Å²) in [5, 5.41) is -0.165. The smallest absolute Gasteiger partial charge is 0.265 e. The fourth-order valence-corrected chi connectivity index (χ4v) is 5.87. The molecule has 1 N–H and O–H groups in total. The zero-order chi connectivity index (χ0) is 24.5. The van der Waals surface area contributed by atoms with Crippen molar-refractivity contribution in [3.05, 3.63) is 89.0 Å². The van der Waals surface area contributed by atoms with Gasteiger partial charge in [-0.1, -0.05) is 29.8 Å². The number of sulfonamides is 1. The van der Waals surface area contributed by atoms with E-state index in [1.165, 1.54) is 37.4 Å². The zero-order valence-corrected chi connectivity index (χ0v) is 20.6. The van der Waals surface area contributed by atoms with Crippen molar-refractivity contribution >= 4 is 39.3 Å². The normalized spacial score (nSPS) is 15.9. The Bertz CT molecular complexity index is 1340. The van der Waals surface area contributed by atoms with E-state index in [0.29, 0.717) is 22.8 Å². The van der Waals surface area contributed by atoms with Gasteiger partial charge in [-0.25, -0.2) is 13.1 Å². The zero-order valence-electron chi connectivity index (χ0n) is 18.9. The van der Waals surface area contributed by atoms with E-state index in [1.54, 1.807) is 35.7 Å². The van der Waals surface area contributed by atoms with Crippen molar-refractivity contribution in [2.75, 3.05) is 17.8 Å². The summed E-state index contributed by atoms with van der Waals surface area (Å²) < 4.78 is 32.4. The number of thioether (sulfide) groups is 1. The second kappa shape index (κ2) is 9.52. The van der Waals surface area contributed by atoms with E-state index in [2.05, 4.69) is 4.72 Å². The monoisotopic (exact) mass is 496 g/mol. The lowest BCUT2D eigenvalue weighted by atomic mass is 10.1. The number of carbonyl (C=O) groups is 2. The van der Waals surface area contributed by atoms with E-state index >= 15 is 0 Å². The highest BCUT2D eigenvalue weighted by atomic mass is 32.2. The van der Waals surface area contributed by atoms with Crippen LogP contribution in [0.3, 0.4) is 0 Å². The molecule has 3 aromatic rings. The van der Waals surface area contributed by atoms with Gasteiger partial charge in [0.2, 0.25) is 5.91 Å². The number of nitrogens with zero attached hydrogens (tertiary/aromatic N) is 1. The molecule has 9 heteroatoms. The van der Waals surface area contributed by atoms with E-state index in [4.69, 9.17) is 4.74 Å². The van der Waals surface area contributed by atoms with Crippen molar-refractivity contribution < 1.29 is 22.7 Å². The van der Waals surface area contributed by atoms with E-state index < -0.39 is 15.9 Å². The molecule has 0 saturated carbocycles. The van der Waals surface area contributed by atoms with Crippen LogP contribution in [0, 0.1) is 13.8 Å². The minimum Gasteiger partial charge on any atom is -0.497 e. The molecule has 34 heavy (non-hydrogen) atoms. The fourth-order valence-electron chi connectivity index (χ4n) is 3.72. The van der Waals surface area contributed by atoms with Crippen LogP contribution in [0.5, 0.6) is 5.75 Å². The second-order valence-electron chi connectivity index (χ2n) is 7.95. The molecule has 176 valence electrons. The molecule has 0 spiro atoms. The van der Waals surface area contributed by atoms with Crippen LogP contribution in [0.2, 0.25) is 0 Å². The maximum Gasteiger partial charge on any atom is 0.265 e. The molecular weight excluding hydrogens is 472 g/mol. The third-order valence-electron chi connectivity index (χ3n) is 5.55. The number of hydrogen-bond acceptors (Lipinski definition) is 6. The molecule has 0 radical (unpaired) electrons. The predicted octanol–water partition coefficient (Wildman–Crippen LogP) is 4.21. The van der Waals surface area contributed by atoms with Crippen molar-refractivity contribution in [3.63, 3.8) is 0 Å². The summed E-state index contributed by atoms with van der Waals surface area (Å²) in [5.74, 6) is 0.107. The molecule has 0 aromatic heterocycles. The molecule has 1 heterocycles. The molecule has 0 aliphatic carbocycles. The molecule has 2 amide bonds. The van der Waals surface area contributed by atoms with Crippen molar-refractivity contribution in [3.8, 4) is 5.75 Å². The molecule has 1 fully saturated rings. The molecule has 1 aliphatic rings. The minimum atomic E-state index is -4.05. The van der Waals surface area contributed by atoms with Crippen molar-refractivity contribution in [2.45, 2.75) is 24.1 Å². The summed E-state index contributed by atoms with van der Waals surface area (Å²) >= 11 is 1.55. The first-order chi connectivity index (χ1) is 16.2. The summed E-state index contributed by atoms with van der Waals surface area (Å²) in [5.41, 5.74) is 3.73. The van der Waals surface area contributed by atoms with Crippen molar-refractivity contribution in [2.24, 2.45) is 0 Å². The van der Waals surface area contributed by atoms with Crippen LogP contribution >= 0.6 is 11.8 Å². The summed E-state index contributed by atoms with van der Waals surface area (Å²) in [4.78, 5) is 27.1. The number of anilines is 1. The molecule has 1 unspecified atom stereocenters. The Kier molecular flexibility index (Phi) is 6.67. The third kappa shape index (κ3) is 4.80. The van der Waals surface area contributed by atoms with Crippen LogP contribution in [0.15, 0.2) is 71.6 Å². The third-order valence-corrected chi connectivity index (χ3v) is 8.10. The van der Waals surface area contributed by atoms with Gasteiger partial charge in [0, 0.05) is 11.3 Å². The Balaban J connectivity index is 1.56. The molecule has 3 aromatic carbocycles.